The summed E-state index contributed by atoms with van der Waals surface area (Å²) in [6.45, 7) is 4.70. The molecule has 0 atom stereocenters. The number of primary amides is 1. The number of phenols is 1. The topological polar surface area (TPSA) is 161 Å². The van der Waals surface area contributed by atoms with Gasteiger partial charge in [0.15, 0.2) is 11.6 Å². The van der Waals surface area contributed by atoms with E-state index in [1.807, 2.05) is 0 Å². The number of rotatable bonds is 7. The third-order valence-corrected chi connectivity index (χ3v) is 9.08. The van der Waals surface area contributed by atoms with Gasteiger partial charge in [0.1, 0.15) is 23.8 Å². The number of hydrogen-bond acceptors (Lipinski definition) is 9. The van der Waals surface area contributed by atoms with Crippen LogP contribution in [0.5, 0.6) is 5.75 Å². The minimum absolute atomic E-state index is 0.0744. The fraction of sp³-hybridized carbons (Fsp3) is 0.367. The molecule has 240 valence electrons. The summed E-state index contributed by atoms with van der Waals surface area (Å²) in [7, 11) is 0. The number of fused-ring (bicyclic) bond motifs is 2. The normalized spacial score (nSPS) is 16.9. The molecule has 2 saturated heterocycles. The first kappa shape index (κ1) is 30.1. The number of anilines is 2. The Kier molecular flexibility index (Phi) is 7.61. The van der Waals surface area contributed by atoms with Crippen molar-refractivity contribution in [3.8, 4) is 16.9 Å². The number of aromatic nitrogens is 4. The summed E-state index contributed by atoms with van der Waals surface area (Å²) in [5.41, 5.74) is 3.92. The quantitative estimate of drug-likeness (QED) is 0.271. The molecular weight excluding hydrogens is 626 g/mol. The van der Waals surface area contributed by atoms with Gasteiger partial charge in [-0.05, 0) is 12.5 Å². The van der Waals surface area contributed by atoms with E-state index in [-0.39, 0.29) is 28.2 Å². The molecule has 2 amide bonds. The largest absolute Gasteiger partial charge is 0.504 e. The summed E-state index contributed by atoms with van der Waals surface area (Å²) >= 11 is 6.41. The summed E-state index contributed by atoms with van der Waals surface area (Å²) in [5.74, 6) is -5.01. The van der Waals surface area contributed by atoms with Crippen molar-refractivity contribution in [3.05, 3.63) is 62.9 Å². The van der Waals surface area contributed by atoms with E-state index in [1.165, 1.54) is 21.5 Å². The zero-order valence-corrected chi connectivity index (χ0v) is 25.2. The minimum atomic E-state index is -1.69. The van der Waals surface area contributed by atoms with Crippen LogP contribution in [-0.2, 0) is 29.0 Å². The van der Waals surface area contributed by atoms with E-state index in [1.54, 1.807) is 6.07 Å². The molecule has 2 fully saturated rings. The average molecular weight is 655 g/mol. The fourth-order valence-corrected chi connectivity index (χ4v) is 6.39. The van der Waals surface area contributed by atoms with E-state index in [2.05, 4.69) is 25.1 Å². The number of hydrogen-bond donors (Lipinski definition) is 3. The van der Waals surface area contributed by atoms with Crippen molar-refractivity contribution in [2.24, 2.45) is 5.73 Å². The smallest absolute Gasteiger partial charge is 0.263 e. The van der Waals surface area contributed by atoms with Gasteiger partial charge >= 0.3 is 0 Å². The molecule has 0 saturated carbocycles. The summed E-state index contributed by atoms with van der Waals surface area (Å²) in [4.78, 5) is 52.5. The zero-order chi connectivity index (χ0) is 32.3. The lowest BCUT2D eigenvalue weighted by molar-refractivity contribution is -0.116. The number of benzene rings is 1. The molecule has 46 heavy (non-hydrogen) atoms. The molecule has 3 aliphatic rings. The third kappa shape index (κ3) is 5.13. The van der Waals surface area contributed by atoms with Crippen molar-refractivity contribution < 1.29 is 28.2 Å². The lowest BCUT2D eigenvalue weighted by Gasteiger charge is -2.42. The molecule has 0 radical (unpaired) electrons. The molecule has 0 bridgehead atoms. The second kappa shape index (κ2) is 11.6. The monoisotopic (exact) mass is 654 g/mol. The lowest BCUT2D eigenvalue weighted by atomic mass is 10.0. The molecule has 6 heterocycles. The number of nitrogens with zero attached hydrogens (tertiary/aromatic N) is 6. The SMILES string of the molecule is NC(=O)c1cc(-c2cn(CC(=O)Nc3cc(N4CCN(C5COC5)CC4)ncc3Cl)c3nc4n(c(=O)c23)CCC4)c(F)c(F)c1O. The first-order chi connectivity index (χ1) is 22.1. The summed E-state index contributed by atoms with van der Waals surface area (Å²) in [6, 6.07) is 3.02. The molecule has 0 aliphatic carbocycles. The Morgan fingerprint density at radius 3 is 2.57 bits per heavy atom. The molecule has 0 spiro atoms. The predicted octanol–water partition coefficient (Wildman–Crippen LogP) is 2.10. The number of ether oxygens (including phenoxy) is 1. The minimum Gasteiger partial charge on any atom is -0.504 e. The number of aryl methyl sites for hydroxylation is 1. The van der Waals surface area contributed by atoms with E-state index in [0.717, 1.165) is 45.5 Å². The van der Waals surface area contributed by atoms with Crippen LogP contribution in [-0.4, -0.2) is 86.4 Å². The van der Waals surface area contributed by atoms with Crippen molar-refractivity contribution in [2.75, 3.05) is 49.6 Å². The number of nitrogens with two attached hydrogens (primary N) is 1. The second-order valence-corrected chi connectivity index (χ2v) is 12.0. The molecule has 3 aliphatic heterocycles. The molecule has 0 unspecified atom stereocenters. The molecule has 13 nitrogen and oxygen atoms in total. The predicted molar refractivity (Wildman–Crippen MR) is 164 cm³/mol. The number of aromatic hydroxyl groups is 1. The van der Waals surface area contributed by atoms with E-state index >= 15 is 4.39 Å². The molecule has 16 heteroatoms. The maximum Gasteiger partial charge on any atom is 0.263 e. The lowest BCUT2D eigenvalue weighted by Crippen LogP contribution is -2.56. The second-order valence-electron chi connectivity index (χ2n) is 11.6. The van der Waals surface area contributed by atoms with Gasteiger partial charge in [-0.2, -0.15) is 4.39 Å². The van der Waals surface area contributed by atoms with Crippen LogP contribution < -0.4 is 21.5 Å². The standard InChI is InChI=1S/C30H29ClF2N8O5/c31-19-10-35-22(39-6-4-38(5-7-39)15-13-46-14-15)9-20(19)36-23(42)12-40-11-18(16-8-17(28(34)44)27(43)26(33)25(16)32)24-29(40)37-21-2-1-3-41(21)30(24)45/h8-11,15,43H,1-7,12-14H2,(H2,34,44)(H,35,36,42). The van der Waals surface area contributed by atoms with Crippen LogP contribution in [0.25, 0.3) is 22.2 Å². The molecule has 4 N–H and O–H groups in total. The van der Waals surface area contributed by atoms with Gasteiger partial charge in [0.25, 0.3) is 11.5 Å². The molecule has 4 aromatic rings. The highest BCUT2D eigenvalue weighted by molar-refractivity contribution is 6.33. The zero-order valence-electron chi connectivity index (χ0n) is 24.4. The number of nitrogens with one attached hydrogen (secondary N) is 1. The summed E-state index contributed by atoms with van der Waals surface area (Å²) < 4.78 is 38.1. The van der Waals surface area contributed by atoms with Crippen molar-refractivity contribution in [3.63, 3.8) is 0 Å². The van der Waals surface area contributed by atoms with Crippen molar-refractivity contribution in [1.29, 1.82) is 0 Å². The summed E-state index contributed by atoms with van der Waals surface area (Å²) in [5, 5.41) is 12.9. The van der Waals surface area contributed by atoms with Crippen LogP contribution in [0.2, 0.25) is 5.02 Å². The van der Waals surface area contributed by atoms with Gasteiger partial charge in [-0.3, -0.25) is 23.9 Å². The third-order valence-electron chi connectivity index (χ3n) is 8.78. The van der Waals surface area contributed by atoms with Crippen LogP contribution in [0.3, 0.4) is 0 Å². The number of carbonyl (C=O) groups is 2. The fourth-order valence-electron chi connectivity index (χ4n) is 6.24. The maximum absolute atomic E-state index is 15.3. The van der Waals surface area contributed by atoms with Crippen LogP contribution in [0, 0.1) is 11.6 Å². The van der Waals surface area contributed by atoms with E-state index < -0.39 is 45.9 Å². The van der Waals surface area contributed by atoms with Crippen molar-refractivity contribution in [1.82, 2.24) is 24.0 Å². The molecular formula is C30H29ClF2N8O5. The van der Waals surface area contributed by atoms with Gasteiger partial charge in [-0.1, -0.05) is 11.6 Å². The Balaban J connectivity index is 1.20. The highest BCUT2D eigenvalue weighted by Gasteiger charge is 2.30. The molecule has 7 rings (SSSR count). The Morgan fingerprint density at radius 1 is 1.11 bits per heavy atom. The Bertz CT molecular complexity index is 1970. The number of halogens is 3. The highest BCUT2D eigenvalue weighted by atomic mass is 35.5. The van der Waals surface area contributed by atoms with Crippen LogP contribution in [0.1, 0.15) is 22.6 Å². The van der Waals surface area contributed by atoms with Gasteiger partial charge in [-0.15, -0.1) is 0 Å². The van der Waals surface area contributed by atoms with Gasteiger partial charge in [-0.25, -0.2) is 14.4 Å². The number of carbonyl (C=O) groups excluding carboxylic acids is 2. The van der Waals surface area contributed by atoms with Crippen molar-refractivity contribution >= 4 is 46.0 Å². The van der Waals surface area contributed by atoms with Gasteiger partial charge in [0, 0.05) is 62.5 Å². The Labute approximate surface area is 265 Å². The Morgan fingerprint density at radius 2 is 1.87 bits per heavy atom. The molecule has 3 aromatic heterocycles. The van der Waals surface area contributed by atoms with Gasteiger partial charge < -0.3 is 30.4 Å². The number of pyridine rings is 1. The number of amides is 2. The Hall–Kier alpha value is -4.60. The van der Waals surface area contributed by atoms with Crippen LogP contribution in [0.4, 0.5) is 20.3 Å². The van der Waals surface area contributed by atoms with Gasteiger partial charge in [0.2, 0.25) is 11.7 Å². The van der Waals surface area contributed by atoms with Crippen LogP contribution >= 0.6 is 11.6 Å². The van der Waals surface area contributed by atoms with Gasteiger partial charge in [0.05, 0.1) is 47.1 Å². The number of piperazine rings is 1. The average Bonchev–Trinajstić information content (AvgIpc) is 3.62. The first-order valence-corrected chi connectivity index (χ1v) is 15.1. The first-order valence-electron chi connectivity index (χ1n) is 14.8. The van der Waals surface area contributed by atoms with Crippen LogP contribution in [0.15, 0.2) is 29.3 Å². The summed E-state index contributed by atoms with van der Waals surface area (Å²) in [6.07, 6.45) is 3.93. The van der Waals surface area contributed by atoms with E-state index in [0.29, 0.717) is 42.8 Å². The highest BCUT2D eigenvalue weighted by Crippen LogP contribution is 2.36. The molecule has 1 aromatic carbocycles. The van der Waals surface area contributed by atoms with Crippen molar-refractivity contribution in [2.45, 2.75) is 32.0 Å². The van der Waals surface area contributed by atoms with E-state index in [9.17, 15) is 23.9 Å². The maximum atomic E-state index is 15.3. The van der Waals surface area contributed by atoms with E-state index in [4.69, 9.17) is 22.1 Å².